The van der Waals surface area contributed by atoms with Crippen LogP contribution in [0.3, 0.4) is 0 Å². The van der Waals surface area contributed by atoms with Gasteiger partial charge in [-0.15, -0.1) is 0 Å². The third-order valence-corrected chi connectivity index (χ3v) is 5.58. The van der Waals surface area contributed by atoms with Gasteiger partial charge < -0.3 is 9.47 Å². The molecule has 2 fully saturated rings. The molecule has 5 atom stereocenters. The molecule has 0 aromatic heterocycles. The number of nitrogens with zero attached hydrogens (tertiary/aromatic N) is 3. The van der Waals surface area contributed by atoms with Crippen LogP contribution in [-0.2, 0) is 19.1 Å². The van der Waals surface area contributed by atoms with Crippen molar-refractivity contribution in [1.82, 2.24) is 0 Å². The quantitative estimate of drug-likeness (QED) is 0.256. The zero-order valence-electron chi connectivity index (χ0n) is 13.5. The van der Waals surface area contributed by atoms with E-state index in [4.69, 9.17) is 10.3 Å². The van der Waals surface area contributed by atoms with Crippen molar-refractivity contribution in [2.24, 2.45) is 28.3 Å². The molecule has 0 N–H and O–H groups in total. The van der Waals surface area contributed by atoms with Crippen LogP contribution < -0.4 is 0 Å². The lowest BCUT2D eigenvalue weighted by Crippen LogP contribution is -2.40. The van der Waals surface area contributed by atoms with Gasteiger partial charge in [0.05, 0.1) is 13.2 Å². The smallest absolute Gasteiger partial charge is 0.322 e. The Hall–Kier alpha value is -1.59. The minimum Gasteiger partial charge on any atom is -0.468 e. The molecular weight excluding hydrogens is 286 g/mol. The van der Waals surface area contributed by atoms with Crippen LogP contribution in [0.1, 0.15) is 33.1 Å². The molecule has 2 saturated carbocycles. The third kappa shape index (κ3) is 2.71. The molecule has 0 aliphatic heterocycles. The minimum atomic E-state index is -1.38. The highest BCUT2D eigenvalue weighted by atomic mass is 16.5. The molecule has 22 heavy (non-hydrogen) atoms. The van der Waals surface area contributed by atoms with Gasteiger partial charge in [0.25, 0.3) is 0 Å². The summed E-state index contributed by atoms with van der Waals surface area (Å²) in [5.41, 5.74) is 8.37. The van der Waals surface area contributed by atoms with E-state index in [1.165, 1.54) is 7.11 Å². The van der Waals surface area contributed by atoms with Crippen molar-refractivity contribution in [1.29, 1.82) is 0 Å². The standard InChI is InChI=1S/C15H23N3O4/c1-15(2)10-7-9(21-3)5-8(10)6-11(15)13(19)12(17-18-16)14(20)22-4/h8-12H,5-7H2,1-4H3/t8-,9-,10-,11+,12?/m1/s1. The van der Waals surface area contributed by atoms with E-state index in [0.717, 1.165) is 12.8 Å². The average Bonchev–Trinajstić information content (AvgIpc) is 3.01. The van der Waals surface area contributed by atoms with Crippen molar-refractivity contribution in [2.45, 2.75) is 45.3 Å². The van der Waals surface area contributed by atoms with Gasteiger partial charge in [-0.3, -0.25) is 9.59 Å². The molecule has 0 bridgehead atoms. The number of rotatable bonds is 5. The van der Waals surface area contributed by atoms with Gasteiger partial charge in [-0.1, -0.05) is 19.0 Å². The Kier molecular flexibility index (Phi) is 4.78. The maximum atomic E-state index is 12.7. The van der Waals surface area contributed by atoms with Gasteiger partial charge in [-0.05, 0) is 42.0 Å². The SMILES string of the molecule is COC(=O)C(N=[N+]=[N-])C(=O)[C@@H]1C[C@H]2C[C@@H](OC)C[C@H]2C1(C)C. The summed E-state index contributed by atoms with van der Waals surface area (Å²) in [5.74, 6) is -0.604. The predicted octanol–water partition coefficient (Wildman–Crippen LogP) is 2.49. The van der Waals surface area contributed by atoms with Crippen LogP contribution in [0.4, 0.5) is 0 Å². The van der Waals surface area contributed by atoms with Gasteiger partial charge in [0.1, 0.15) is 0 Å². The Labute approximate surface area is 130 Å². The molecule has 0 amide bonds. The van der Waals surface area contributed by atoms with E-state index < -0.39 is 12.0 Å². The maximum absolute atomic E-state index is 12.7. The second-order valence-corrected chi connectivity index (χ2v) is 6.84. The summed E-state index contributed by atoms with van der Waals surface area (Å²) in [5, 5.41) is 3.36. The van der Waals surface area contributed by atoms with Crippen LogP contribution in [0.15, 0.2) is 5.11 Å². The maximum Gasteiger partial charge on any atom is 0.322 e. The first-order valence-corrected chi connectivity index (χ1v) is 7.55. The molecule has 2 rings (SSSR count). The van der Waals surface area contributed by atoms with Crippen molar-refractivity contribution < 1.29 is 19.1 Å². The summed E-state index contributed by atoms with van der Waals surface area (Å²) in [4.78, 5) is 27.1. The van der Waals surface area contributed by atoms with Crippen molar-refractivity contribution >= 4 is 11.8 Å². The Balaban J connectivity index is 2.21. The number of esters is 1. The van der Waals surface area contributed by atoms with Crippen LogP contribution in [-0.4, -0.2) is 38.1 Å². The predicted molar refractivity (Wildman–Crippen MR) is 78.9 cm³/mol. The van der Waals surface area contributed by atoms with E-state index in [1.54, 1.807) is 7.11 Å². The van der Waals surface area contributed by atoms with Gasteiger partial charge in [0, 0.05) is 17.9 Å². The topological polar surface area (TPSA) is 101 Å². The van der Waals surface area contributed by atoms with E-state index in [0.29, 0.717) is 18.3 Å². The molecule has 0 saturated heterocycles. The number of azide groups is 1. The van der Waals surface area contributed by atoms with Crippen LogP contribution >= 0.6 is 0 Å². The number of Topliss-reactive ketones (excluding diaryl/α,β-unsaturated/α-hetero) is 1. The highest BCUT2D eigenvalue weighted by Crippen LogP contribution is 2.58. The lowest BCUT2D eigenvalue weighted by molar-refractivity contribution is -0.147. The fourth-order valence-corrected chi connectivity index (χ4v) is 4.36. The summed E-state index contributed by atoms with van der Waals surface area (Å²) in [7, 11) is 2.91. The van der Waals surface area contributed by atoms with Gasteiger partial charge in [0.15, 0.2) is 11.8 Å². The highest BCUT2D eigenvalue weighted by molar-refractivity contribution is 6.04. The number of carbonyl (C=O) groups excluding carboxylic acids is 2. The fraction of sp³-hybridized carbons (Fsp3) is 0.867. The summed E-state index contributed by atoms with van der Waals surface area (Å²) < 4.78 is 10.1. The molecular formula is C15H23N3O4. The monoisotopic (exact) mass is 309 g/mol. The minimum absolute atomic E-state index is 0.244. The average molecular weight is 309 g/mol. The number of fused-ring (bicyclic) bond motifs is 1. The molecule has 1 unspecified atom stereocenters. The molecule has 0 aromatic rings. The Morgan fingerprint density at radius 2 is 1.95 bits per heavy atom. The first kappa shape index (κ1) is 16.8. The number of ketones is 1. The van der Waals surface area contributed by atoms with Crippen LogP contribution in [0.25, 0.3) is 10.4 Å². The number of hydrogen-bond donors (Lipinski definition) is 0. The largest absolute Gasteiger partial charge is 0.468 e. The number of ether oxygens (including phenoxy) is 2. The van der Waals surface area contributed by atoms with Crippen LogP contribution in [0.5, 0.6) is 0 Å². The van der Waals surface area contributed by atoms with E-state index in [1.807, 2.05) is 0 Å². The Bertz CT molecular complexity index is 513. The van der Waals surface area contributed by atoms with Crippen LogP contribution in [0, 0.1) is 23.2 Å². The summed E-state index contributed by atoms with van der Waals surface area (Å²) in [6.07, 6.45) is 2.84. The first-order valence-electron chi connectivity index (χ1n) is 7.55. The first-order chi connectivity index (χ1) is 10.4. The normalized spacial score (nSPS) is 33.6. The number of carbonyl (C=O) groups is 2. The second-order valence-electron chi connectivity index (χ2n) is 6.84. The molecule has 2 aliphatic carbocycles. The fourth-order valence-electron chi connectivity index (χ4n) is 4.36. The lowest BCUT2D eigenvalue weighted by Gasteiger charge is -2.33. The Morgan fingerprint density at radius 3 is 2.45 bits per heavy atom. The summed E-state index contributed by atoms with van der Waals surface area (Å²) >= 11 is 0. The number of hydrogen-bond acceptors (Lipinski definition) is 5. The molecule has 0 spiro atoms. The number of methoxy groups -OCH3 is 2. The molecule has 0 heterocycles. The Morgan fingerprint density at radius 1 is 1.27 bits per heavy atom. The van der Waals surface area contributed by atoms with Gasteiger partial charge in [-0.25, -0.2) is 0 Å². The van der Waals surface area contributed by atoms with E-state index in [-0.39, 0.29) is 23.2 Å². The van der Waals surface area contributed by atoms with Gasteiger partial charge >= 0.3 is 5.97 Å². The van der Waals surface area contributed by atoms with E-state index in [9.17, 15) is 9.59 Å². The molecule has 7 nitrogen and oxygen atoms in total. The molecule has 122 valence electrons. The third-order valence-electron chi connectivity index (χ3n) is 5.58. The summed E-state index contributed by atoms with van der Waals surface area (Å²) in [6, 6.07) is -1.38. The van der Waals surface area contributed by atoms with Gasteiger partial charge in [0.2, 0.25) is 0 Å². The van der Waals surface area contributed by atoms with E-state index >= 15 is 0 Å². The van der Waals surface area contributed by atoms with Crippen molar-refractivity contribution in [3.05, 3.63) is 10.4 Å². The zero-order valence-corrected chi connectivity index (χ0v) is 13.5. The molecule has 0 radical (unpaired) electrons. The van der Waals surface area contributed by atoms with E-state index in [2.05, 4.69) is 28.6 Å². The molecule has 2 aliphatic rings. The highest BCUT2D eigenvalue weighted by Gasteiger charge is 2.56. The van der Waals surface area contributed by atoms with Crippen molar-refractivity contribution in [2.75, 3.05) is 14.2 Å². The summed E-state index contributed by atoms with van der Waals surface area (Å²) in [6.45, 7) is 4.12. The zero-order chi connectivity index (χ0) is 16.5. The molecule has 0 aromatic carbocycles. The second kappa shape index (κ2) is 6.26. The van der Waals surface area contributed by atoms with Crippen molar-refractivity contribution in [3.8, 4) is 0 Å². The van der Waals surface area contributed by atoms with Crippen LogP contribution in [0.2, 0.25) is 0 Å². The lowest BCUT2D eigenvalue weighted by atomic mass is 9.72. The van der Waals surface area contributed by atoms with Gasteiger partial charge in [-0.2, -0.15) is 0 Å². The molecule has 7 heteroatoms. The van der Waals surface area contributed by atoms with Crippen molar-refractivity contribution in [3.63, 3.8) is 0 Å².